The molecular weight excluding hydrogens is 368 g/mol. The van der Waals surface area contributed by atoms with Gasteiger partial charge in [-0.25, -0.2) is 13.2 Å². The highest BCUT2D eigenvalue weighted by molar-refractivity contribution is 7.89. The zero-order chi connectivity index (χ0) is 17.7. The number of carbonyl (C=O) groups is 1. The Labute approximate surface area is 155 Å². The lowest BCUT2D eigenvalue weighted by molar-refractivity contribution is 0.0563. The number of carbonyl (C=O) groups excluding carboxylic acids is 1. The molecule has 0 aliphatic carbocycles. The van der Waals surface area contributed by atoms with Crippen molar-refractivity contribution in [1.82, 2.24) is 9.62 Å². The first-order valence-electron chi connectivity index (χ1n) is 8.39. The Bertz CT molecular complexity index is 668. The number of furan rings is 1. The van der Waals surface area contributed by atoms with Gasteiger partial charge in [0.1, 0.15) is 10.7 Å². The molecule has 1 aromatic heterocycles. The van der Waals surface area contributed by atoms with Crippen molar-refractivity contribution in [1.29, 1.82) is 0 Å². The summed E-state index contributed by atoms with van der Waals surface area (Å²) in [4.78, 5) is 11.8. The van der Waals surface area contributed by atoms with E-state index in [9.17, 15) is 13.2 Å². The Hall–Kier alpha value is -1.09. The van der Waals surface area contributed by atoms with E-state index in [2.05, 4.69) is 10.1 Å². The molecule has 1 aromatic rings. The first-order valence-corrected chi connectivity index (χ1v) is 9.83. The smallest absolute Gasteiger partial charge is 0.373 e. The Morgan fingerprint density at radius 3 is 2.52 bits per heavy atom. The second kappa shape index (κ2) is 9.56. The van der Waals surface area contributed by atoms with E-state index in [1.165, 1.54) is 13.2 Å². The lowest BCUT2D eigenvalue weighted by Gasteiger charge is -2.33. The summed E-state index contributed by atoms with van der Waals surface area (Å²) in [6.45, 7) is 5.82. The second-order valence-corrected chi connectivity index (χ2v) is 7.70. The van der Waals surface area contributed by atoms with Crippen LogP contribution in [0.25, 0.3) is 0 Å². The Morgan fingerprint density at radius 1 is 1.36 bits per heavy atom. The van der Waals surface area contributed by atoms with Gasteiger partial charge in [0.05, 0.1) is 7.11 Å². The van der Waals surface area contributed by atoms with E-state index >= 15 is 0 Å². The van der Waals surface area contributed by atoms with Gasteiger partial charge in [-0.05, 0) is 32.4 Å². The van der Waals surface area contributed by atoms with Crippen molar-refractivity contribution >= 4 is 28.4 Å². The molecule has 0 unspecified atom stereocenters. The normalized spacial score (nSPS) is 15.8. The van der Waals surface area contributed by atoms with Gasteiger partial charge in [0.25, 0.3) is 0 Å². The van der Waals surface area contributed by atoms with Gasteiger partial charge < -0.3 is 14.5 Å². The number of rotatable bonds is 7. The standard InChI is InChI=1S/C16H26N2O5S.ClH/c1-4-10-18(12-6-8-17-9-7-12)24(20,21)15-11-14(16(19)22-3)23-13(15)5-2;/h11-12,17H,4-10H2,1-3H3;1H. The quantitative estimate of drug-likeness (QED) is 0.713. The molecule has 144 valence electrons. The third kappa shape index (κ3) is 4.75. The van der Waals surface area contributed by atoms with Crippen LogP contribution >= 0.6 is 12.4 Å². The maximum Gasteiger partial charge on any atom is 0.373 e. The summed E-state index contributed by atoms with van der Waals surface area (Å²) in [7, 11) is -2.48. The van der Waals surface area contributed by atoms with E-state index in [-0.39, 0.29) is 29.1 Å². The summed E-state index contributed by atoms with van der Waals surface area (Å²) >= 11 is 0. The molecule has 1 saturated heterocycles. The van der Waals surface area contributed by atoms with Crippen LogP contribution in [0.2, 0.25) is 0 Å². The summed E-state index contributed by atoms with van der Waals surface area (Å²) in [6, 6.07) is 1.27. The predicted octanol–water partition coefficient (Wildman–Crippen LogP) is 2.20. The number of piperidine rings is 1. The third-order valence-electron chi connectivity index (χ3n) is 4.22. The Balaban J connectivity index is 0.00000312. The van der Waals surface area contributed by atoms with Gasteiger partial charge >= 0.3 is 5.97 Å². The zero-order valence-electron chi connectivity index (χ0n) is 14.9. The highest BCUT2D eigenvalue weighted by Gasteiger charge is 2.35. The number of ether oxygens (including phenoxy) is 1. The monoisotopic (exact) mass is 394 g/mol. The van der Waals surface area contributed by atoms with E-state index in [1.807, 2.05) is 6.92 Å². The fraction of sp³-hybridized carbons (Fsp3) is 0.688. The summed E-state index contributed by atoms with van der Waals surface area (Å²) < 4.78 is 38.1. The zero-order valence-corrected chi connectivity index (χ0v) is 16.5. The van der Waals surface area contributed by atoms with Crippen molar-refractivity contribution < 1.29 is 22.4 Å². The molecule has 1 aliphatic rings. The molecule has 25 heavy (non-hydrogen) atoms. The number of aryl methyl sites for hydroxylation is 1. The molecule has 7 nitrogen and oxygen atoms in total. The topological polar surface area (TPSA) is 88.9 Å². The molecule has 0 bridgehead atoms. The minimum atomic E-state index is -3.72. The van der Waals surface area contributed by atoms with Crippen molar-refractivity contribution in [3.8, 4) is 0 Å². The van der Waals surface area contributed by atoms with Crippen molar-refractivity contribution in [2.75, 3.05) is 26.7 Å². The molecule has 0 saturated carbocycles. The Morgan fingerprint density at radius 2 is 2.00 bits per heavy atom. The molecule has 0 amide bonds. The predicted molar refractivity (Wildman–Crippen MR) is 96.7 cm³/mol. The SMILES string of the molecule is CCCN(C1CCNCC1)S(=O)(=O)c1cc(C(=O)OC)oc1CC.Cl. The number of halogens is 1. The molecule has 1 N–H and O–H groups in total. The third-order valence-corrected chi connectivity index (χ3v) is 6.22. The highest BCUT2D eigenvalue weighted by Crippen LogP contribution is 2.28. The first kappa shape index (κ1) is 22.0. The van der Waals surface area contributed by atoms with Gasteiger partial charge in [-0.15, -0.1) is 12.4 Å². The van der Waals surface area contributed by atoms with Crippen LogP contribution in [-0.4, -0.2) is 51.5 Å². The lowest BCUT2D eigenvalue weighted by atomic mass is 10.1. The van der Waals surface area contributed by atoms with Gasteiger partial charge in [-0.3, -0.25) is 0 Å². The molecule has 1 aliphatic heterocycles. The van der Waals surface area contributed by atoms with Crippen LogP contribution in [0, 0.1) is 0 Å². The van der Waals surface area contributed by atoms with Gasteiger partial charge in [0, 0.05) is 25.1 Å². The van der Waals surface area contributed by atoms with Crippen LogP contribution in [0.5, 0.6) is 0 Å². The van der Waals surface area contributed by atoms with E-state index in [0.29, 0.717) is 18.7 Å². The van der Waals surface area contributed by atoms with Crippen molar-refractivity contribution in [2.45, 2.75) is 50.5 Å². The second-order valence-electron chi connectivity index (χ2n) is 5.84. The van der Waals surface area contributed by atoms with Crippen LogP contribution in [0.4, 0.5) is 0 Å². The van der Waals surface area contributed by atoms with Crippen LogP contribution in [0.3, 0.4) is 0 Å². The summed E-state index contributed by atoms with van der Waals surface area (Å²) in [5, 5.41) is 3.25. The largest absolute Gasteiger partial charge is 0.463 e. The minimum absolute atomic E-state index is 0. The molecule has 0 aromatic carbocycles. The first-order chi connectivity index (χ1) is 11.5. The van der Waals surface area contributed by atoms with E-state index in [4.69, 9.17) is 4.42 Å². The number of methoxy groups -OCH3 is 1. The molecule has 0 spiro atoms. The minimum Gasteiger partial charge on any atom is -0.463 e. The molecule has 0 atom stereocenters. The molecule has 2 heterocycles. The number of sulfonamides is 1. The van der Waals surface area contributed by atoms with Gasteiger partial charge in [0.2, 0.25) is 15.8 Å². The Kier molecular flexibility index (Phi) is 8.40. The molecule has 0 radical (unpaired) electrons. The van der Waals surface area contributed by atoms with E-state index in [0.717, 1.165) is 32.4 Å². The molecule has 2 rings (SSSR count). The van der Waals surface area contributed by atoms with Crippen LogP contribution in [0.15, 0.2) is 15.4 Å². The van der Waals surface area contributed by atoms with Gasteiger partial charge in [-0.2, -0.15) is 4.31 Å². The van der Waals surface area contributed by atoms with Crippen LogP contribution < -0.4 is 5.32 Å². The molecular formula is C16H27ClN2O5S. The number of esters is 1. The van der Waals surface area contributed by atoms with Crippen molar-refractivity contribution in [3.63, 3.8) is 0 Å². The fourth-order valence-electron chi connectivity index (χ4n) is 3.02. The van der Waals surface area contributed by atoms with Gasteiger partial charge in [-0.1, -0.05) is 13.8 Å². The summed E-state index contributed by atoms with van der Waals surface area (Å²) in [5.41, 5.74) is 0. The van der Waals surface area contributed by atoms with Crippen LogP contribution in [0.1, 0.15) is 49.4 Å². The lowest BCUT2D eigenvalue weighted by Crippen LogP contribution is -2.46. The average molecular weight is 395 g/mol. The maximum absolute atomic E-state index is 13.2. The number of nitrogens with one attached hydrogen (secondary N) is 1. The maximum atomic E-state index is 13.2. The van der Waals surface area contributed by atoms with Gasteiger partial charge in [0.15, 0.2) is 0 Å². The fourth-order valence-corrected chi connectivity index (χ4v) is 5.03. The van der Waals surface area contributed by atoms with Crippen molar-refractivity contribution in [3.05, 3.63) is 17.6 Å². The number of hydrogen-bond acceptors (Lipinski definition) is 6. The molecule has 9 heteroatoms. The highest BCUT2D eigenvalue weighted by atomic mass is 35.5. The average Bonchev–Trinajstić information content (AvgIpc) is 3.05. The van der Waals surface area contributed by atoms with Crippen molar-refractivity contribution in [2.24, 2.45) is 0 Å². The van der Waals surface area contributed by atoms with E-state index in [1.54, 1.807) is 11.2 Å². The van der Waals surface area contributed by atoms with E-state index < -0.39 is 16.0 Å². The molecule has 1 fully saturated rings. The number of hydrogen-bond donors (Lipinski definition) is 1. The summed E-state index contributed by atoms with van der Waals surface area (Å²) in [5.74, 6) is -0.449. The summed E-state index contributed by atoms with van der Waals surface area (Å²) in [6.07, 6.45) is 2.68. The van der Waals surface area contributed by atoms with Crippen LogP contribution in [-0.2, 0) is 21.2 Å². The number of nitrogens with zero attached hydrogens (tertiary/aromatic N) is 1.